The van der Waals surface area contributed by atoms with Crippen LogP contribution in [0.3, 0.4) is 0 Å². The molecular weight excluding hydrogens is 290 g/mol. The van der Waals surface area contributed by atoms with Crippen molar-refractivity contribution in [2.45, 2.75) is 19.3 Å². The number of hydrogen-bond donors (Lipinski definition) is 3. The molecule has 1 aromatic carbocycles. The molecule has 5 heteroatoms. The van der Waals surface area contributed by atoms with Gasteiger partial charge in [0.15, 0.2) is 0 Å². The number of hydroxylamine groups is 1. The molecule has 1 aliphatic rings. The fourth-order valence-electron chi connectivity index (χ4n) is 3.35. The molecule has 0 saturated heterocycles. The molecule has 0 aliphatic heterocycles. The van der Waals surface area contributed by atoms with Crippen molar-refractivity contribution in [3.8, 4) is 11.1 Å². The first-order chi connectivity index (χ1) is 11.2. The Morgan fingerprint density at radius 3 is 3.00 bits per heavy atom. The van der Waals surface area contributed by atoms with Crippen LogP contribution < -0.4 is 5.48 Å². The number of aromatic amines is 1. The van der Waals surface area contributed by atoms with Crippen molar-refractivity contribution >= 4 is 16.9 Å². The Morgan fingerprint density at radius 1 is 1.22 bits per heavy atom. The number of nitrogens with one attached hydrogen (secondary N) is 2. The first-order valence-corrected chi connectivity index (χ1v) is 7.74. The van der Waals surface area contributed by atoms with Crippen LogP contribution in [0.1, 0.15) is 17.5 Å². The first kappa shape index (κ1) is 14.0. The number of benzene rings is 1. The molecule has 2 aromatic heterocycles. The molecule has 1 unspecified atom stereocenters. The van der Waals surface area contributed by atoms with Gasteiger partial charge in [0.25, 0.3) is 0 Å². The number of fused-ring (bicyclic) bond motifs is 2. The summed E-state index contributed by atoms with van der Waals surface area (Å²) in [6.45, 7) is 0. The zero-order chi connectivity index (χ0) is 15.8. The van der Waals surface area contributed by atoms with Crippen LogP contribution in [0.5, 0.6) is 0 Å². The molecule has 1 aliphatic carbocycles. The summed E-state index contributed by atoms with van der Waals surface area (Å²) in [5.41, 5.74) is 7.28. The van der Waals surface area contributed by atoms with Crippen LogP contribution in [0.25, 0.3) is 22.2 Å². The summed E-state index contributed by atoms with van der Waals surface area (Å²) in [5.74, 6) is -0.454. The van der Waals surface area contributed by atoms with E-state index in [-0.39, 0.29) is 11.8 Å². The standard InChI is InChI=1S/C18H17N3O2/c22-18(21-23)14-4-2-11-1-3-12(7-15(11)9-14)16-8-13-5-6-19-17(13)20-10-16/h1,3,5-8,10,14,23H,2,4,9H2,(H,19,20)(H,21,22). The monoisotopic (exact) mass is 307 g/mol. The number of hydrogen-bond acceptors (Lipinski definition) is 3. The minimum atomic E-state index is -0.295. The molecule has 0 bridgehead atoms. The number of amides is 1. The van der Waals surface area contributed by atoms with Crippen LogP contribution >= 0.6 is 0 Å². The zero-order valence-corrected chi connectivity index (χ0v) is 12.5. The Hall–Kier alpha value is -2.66. The molecule has 3 N–H and O–H groups in total. The third-order valence-corrected chi connectivity index (χ3v) is 4.65. The average Bonchev–Trinajstić information content (AvgIpc) is 3.07. The minimum absolute atomic E-state index is 0.159. The summed E-state index contributed by atoms with van der Waals surface area (Å²) in [6, 6.07) is 10.5. The van der Waals surface area contributed by atoms with Crippen LogP contribution in [0, 0.1) is 5.92 Å². The molecule has 0 spiro atoms. The molecule has 23 heavy (non-hydrogen) atoms. The van der Waals surface area contributed by atoms with Crippen molar-refractivity contribution < 1.29 is 10.0 Å². The Morgan fingerprint density at radius 2 is 2.13 bits per heavy atom. The van der Waals surface area contributed by atoms with Crippen molar-refractivity contribution in [1.82, 2.24) is 15.4 Å². The van der Waals surface area contributed by atoms with Crippen molar-refractivity contribution in [2.24, 2.45) is 5.92 Å². The van der Waals surface area contributed by atoms with Crippen LogP contribution in [0.15, 0.2) is 42.7 Å². The van der Waals surface area contributed by atoms with E-state index in [1.165, 1.54) is 11.1 Å². The smallest absolute Gasteiger partial charge is 0.246 e. The second-order valence-corrected chi connectivity index (χ2v) is 6.04. The molecule has 5 nitrogen and oxygen atoms in total. The van der Waals surface area contributed by atoms with E-state index in [1.807, 2.05) is 18.5 Å². The molecule has 2 heterocycles. The van der Waals surface area contributed by atoms with Crippen molar-refractivity contribution in [2.75, 3.05) is 0 Å². The maximum atomic E-state index is 11.7. The van der Waals surface area contributed by atoms with E-state index in [2.05, 4.69) is 34.2 Å². The normalized spacial score (nSPS) is 17.0. The van der Waals surface area contributed by atoms with Gasteiger partial charge in [0.2, 0.25) is 5.91 Å². The topological polar surface area (TPSA) is 78.0 Å². The second-order valence-electron chi connectivity index (χ2n) is 6.04. The van der Waals surface area contributed by atoms with Crippen molar-refractivity contribution in [3.63, 3.8) is 0 Å². The third-order valence-electron chi connectivity index (χ3n) is 4.65. The molecule has 0 radical (unpaired) electrons. The largest absolute Gasteiger partial charge is 0.346 e. The molecule has 1 atom stereocenters. The van der Waals surface area contributed by atoms with Crippen LogP contribution in [0.4, 0.5) is 0 Å². The highest BCUT2D eigenvalue weighted by atomic mass is 16.5. The highest BCUT2D eigenvalue weighted by Gasteiger charge is 2.24. The van der Waals surface area contributed by atoms with Crippen molar-refractivity contribution in [3.05, 3.63) is 53.9 Å². The maximum absolute atomic E-state index is 11.7. The summed E-state index contributed by atoms with van der Waals surface area (Å²) in [5, 5.41) is 9.92. The molecule has 1 amide bonds. The van der Waals surface area contributed by atoms with E-state index in [0.717, 1.165) is 35.0 Å². The average molecular weight is 307 g/mol. The van der Waals surface area contributed by atoms with E-state index in [9.17, 15) is 4.79 Å². The van der Waals surface area contributed by atoms with Gasteiger partial charge in [-0.3, -0.25) is 10.0 Å². The number of pyridine rings is 1. The van der Waals surface area contributed by atoms with Gasteiger partial charge >= 0.3 is 0 Å². The predicted octanol–water partition coefficient (Wildman–Crippen LogP) is 2.84. The van der Waals surface area contributed by atoms with Gasteiger partial charge in [0, 0.05) is 29.3 Å². The van der Waals surface area contributed by atoms with Crippen LogP contribution in [0.2, 0.25) is 0 Å². The lowest BCUT2D eigenvalue weighted by atomic mass is 9.82. The predicted molar refractivity (Wildman–Crippen MR) is 87.0 cm³/mol. The third kappa shape index (κ3) is 2.49. The lowest BCUT2D eigenvalue weighted by Crippen LogP contribution is -2.31. The van der Waals surface area contributed by atoms with Crippen molar-refractivity contribution in [1.29, 1.82) is 0 Å². The highest BCUT2D eigenvalue weighted by molar-refractivity contribution is 5.82. The number of nitrogens with zero attached hydrogens (tertiary/aromatic N) is 1. The molecule has 0 fully saturated rings. The molecule has 4 rings (SSSR count). The molecule has 0 saturated carbocycles. The van der Waals surface area contributed by atoms with Gasteiger partial charge in [0.1, 0.15) is 5.65 Å². The summed E-state index contributed by atoms with van der Waals surface area (Å²) in [4.78, 5) is 19.2. The van der Waals surface area contributed by atoms with Crippen LogP contribution in [-0.2, 0) is 17.6 Å². The number of carbonyl (C=O) groups is 1. The fraction of sp³-hybridized carbons (Fsp3) is 0.222. The summed E-state index contributed by atoms with van der Waals surface area (Å²) in [6.07, 6.45) is 6.04. The van der Waals surface area contributed by atoms with Gasteiger partial charge in [0.05, 0.1) is 0 Å². The van der Waals surface area contributed by atoms with Gasteiger partial charge in [-0.1, -0.05) is 18.2 Å². The van der Waals surface area contributed by atoms with E-state index in [4.69, 9.17) is 5.21 Å². The zero-order valence-electron chi connectivity index (χ0n) is 12.5. The molecular formula is C18H17N3O2. The first-order valence-electron chi connectivity index (χ1n) is 7.74. The van der Waals surface area contributed by atoms with Gasteiger partial charge in [-0.2, -0.15) is 0 Å². The Labute approximate surface area is 133 Å². The van der Waals surface area contributed by atoms with Gasteiger partial charge < -0.3 is 4.98 Å². The number of H-pyrrole nitrogens is 1. The maximum Gasteiger partial charge on any atom is 0.246 e. The molecule has 116 valence electrons. The number of rotatable bonds is 2. The SMILES string of the molecule is O=C(NO)C1CCc2ccc(-c3cnc4[nH]ccc4c3)cc2C1. The van der Waals surface area contributed by atoms with E-state index < -0.39 is 0 Å². The number of carbonyl (C=O) groups excluding carboxylic acids is 1. The second kappa shape index (κ2) is 5.52. The molecule has 3 aromatic rings. The highest BCUT2D eigenvalue weighted by Crippen LogP contribution is 2.30. The Balaban J connectivity index is 1.70. The lowest BCUT2D eigenvalue weighted by molar-refractivity contribution is -0.133. The van der Waals surface area contributed by atoms with Crippen LogP contribution in [-0.4, -0.2) is 21.1 Å². The Kier molecular flexibility index (Phi) is 3.35. The number of aryl methyl sites for hydroxylation is 1. The Bertz CT molecular complexity index is 885. The summed E-state index contributed by atoms with van der Waals surface area (Å²) < 4.78 is 0. The van der Waals surface area contributed by atoms with E-state index in [1.54, 1.807) is 5.48 Å². The quantitative estimate of drug-likeness (QED) is 0.503. The van der Waals surface area contributed by atoms with Gasteiger partial charge in [-0.25, -0.2) is 10.5 Å². The minimum Gasteiger partial charge on any atom is -0.346 e. The van der Waals surface area contributed by atoms with E-state index in [0.29, 0.717) is 6.42 Å². The summed E-state index contributed by atoms with van der Waals surface area (Å²) in [7, 11) is 0. The fourth-order valence-corrected chi connectivity index (χ4v) is 3.35. The van der Waals surface area contributed by atoms with E-state index >= 15 is 0 Å². The summed E-state index contributed by atoms with van der Waals surface area (Å²) >= 11 is 0. The van der Waals surface area contributed by atoms with Gasteiger partial charge in [-0.05, 0) is 48.1 Å². The lowest BCUT2D eigenvalue weighted by Gasteiger charge is -2.23. The number of aromatic nitrogens is 2. The van der Waals surface area contributed by atoms with Gasteiger partial charge in [-0.15, -0.1) is 0 Å².